The number of ether oxygens (including phenoxy) is 3. The fourth-order valence-electron chi connectivity index (χ4n) is 1.03. The molecule has 0 saturated carbocycles. The summed E-state index contributed by atoms with van der Waals surface area (Å²) in [5.74, 6) is -0.748. The van der Waals surface area contributed by atoms with E-state index < -0.39 is 35.9 Å². The maximum Gasteiger partial charge on any atom is 0.420 e. The summed E-state index contributed by atoms with van der Waals surface area (Å²) in [4.78, 5) is 35.7. The van der Waals surface area contributed by atoms with Crippen LogP contribution in [-0.2, 0) is 19.0 Å². The monoisotopic (exact) mass is 289 g/mol. The first-order valence-electron chi connectivity index (χ1n) is 6.16. The van der Waals surface area contributed by atoms with Gasteiger partial charge in [0.1, 0.15) is 17.7 Å². The number of methoxy groups -OCH3 is 1. The SMILES string of the molecule is COC(=O)CN(C(=O)OC(C)(C)C)C(=O)OC(C)(C)C. The van der Waals surface area contributed by atoms with Crippen LogP contribution in [0.4, 0.5) is 9.59 Å². The number of hydrogen-bond donors (Lipinski definition) is 0. The summed E-state index contributed by atoms with van der Waals surface area (Å²) >= 11 is 0. The Labute approximate surface area is 119 Å². The Bertz CT molecular complexity index is 349. The first-order chi connectivity index (χ1) is 8.85. The third kappa shape index (κ3) is 7.60. The van der Waals surface area contributed by atoms with Crippen molar-refractivity contribution < 1.29 is 28.6 Å². The number of hydrogen-bond acceptors (Lipinski definition) is 6. The van der Waals surface area contributed by atoms with E-state index in [1.807, 2.05) is 0 Å². The number of carbonyl (C=O) groups excluding carboxylic acids is 3. The van der Waals surface area contributed by atoms with Crippen molar-refractivity contribution in [3.8, 4) is 0 Å². The van der Waals surface area contributed by atoms with Gasteiger partial charge in [0.25, 0.3) is 0 Å². The van der Waals surface area contributed by atoms with Crippen LogP contribution in [0, 0.1) is 0 Å². The number of esters is 1. The van der Waals surface area contributed by atoms with Gasteiger partial charge in [-0.2, -0.15) is 0 Å². The second-order valence-corrected chi connectivity index (χ2v) is 6.12. The van der Waals surface area contributed by atoms with E-state index >= 15 is 0 Å². The lowest BCUT2D eigenvalue weighted by atomic mass is 10.2. The van der Waals surface area contributed by atoms with E-state index in [1.54, 1.807) is 41.5 Å². The van der Waals surface area contributed by atoms with Crippen molar-refractivity contribution in [2.45, 2.75) is 52.7 Å². The smallest absolute Gasteiger partial charge is 0.420 e. The second-order valence-electron chi connectivity index (χ2n) is 6.12. The Balaban J connectivity index is 5.03. The van der Waals surface area contributed by atoms with Crippen LogP contribution in [0.1, 0.15) is 41.5 Å². The molecule has 0 fully saturated rings. The van der Waals surface area contributed by atoms with Crippen molar-refractivity contribution in [2.24, 2.45) is 0 Å². The molecule has 7 heteroatoms. The van der Waals surface area contributed by atoms with E-state index in [1.165, 1.54) is 0 Å². The summed E-state index contributed by atoms with van der Waals surface area (Å²) < 4.78 is 14.6. The van der Waals surface area contributed by atoms with Gasteiger partial charge in [0.2, 0.25) is 0 Å². The van der Waals surface area contributed by atoms with Crippen molar-refractivity contribution in [3.63, 3.8) is 0 Å². The average molecular weight is 289 g/mol. The first-order valence-corrected chi connectivity index (χ1v) is 6.16. The van der Waals surface area contributed by atoms with Gasteiger partial charge in [-0.15, -0.1) is 0 Å². The molecular weight excluding hydrogens is 266 g/mol. The molecule has 0 aliphatic rings. The lowest BCUT2D eigenvalue weighted by Gasteiger charge is -2.27. The molecule has 0 spiro atoms. The molecule has 0 rings (SSSR count). The van der Waals surface area contributed by atoms with Crippen LogP contribution in [0.25, 0.3) is 0 Å². The minimum atomic E-state index is -0.961. The molecule has 0 bridgehead atoms. The summed E-state index contributed by atoms with van der Waals surface area (Å²) in [5, 5.41) is 0. The van der Waals surface area contributed by atoms with Crippen LogP contribution >= 0.6 is 0 Å². The van der Waals surface area contributed by atoms with Crippen LogP contribution in [-0.4, -0.2) is 47.9 Å². The molecule has 0 saturated heterocycles. The number of amides is 2. The largest absolute Gasteiger partial charge is 0.468 e. The van der Waals surface area contributed by atoms with E-state index in [0.717, 1.165) is 7.11 Å². The fraction of sp³-hybridized carbons (Fsp3) is 0.769. The molecule has 0 aromatic carbocycles. The van der Waals surface area contributed by atoms with Crippen LogP contribution in [0.15, 0.2) is 0 Å². The zero-order valence-corrected chi connectivity index (χ0v) is 13.1. The van der Waals surface area contributed by atoms with Crippen LogP contribution in [0.5, 0.6) is 0 Å². The molecule has 0 unspecified atom stereocenters. The highest BCUT2D eigenvalue weighted by molar-refractivity contribution is 5.92. The van der Waals surface area contributed by atoms with Gasteiger partial charge >= 0.3 is 18.2 Å². The lowest BCUT2D eigenvalue weighted by Crippen LogP contribution is -2.46. The Kier molecular flexibility index (Phi) is 5.99. The number of imide groups is 1. The van der Waals surface area contributed by atoms with Gasteiger partial charge < -0.3 is 14.2 Å². The predicted molar refractivity (Wildman–Crippen MR) is 71.2 cm³/mol. The topological polar surface area (TPSA) is 82.1 Å². The molecule has 116 valence electrons. The Morgan fingerprint density at radius 2 is 1.20 bits per heavy atom. The molecule has 0 atom stereocenters. The minimum absolute atomic E-state index is 0.569. The molecule has 7 nitrogen and oxygen atoms in total. The van der Waals surface area contributed by atoms with Crippen molar-refractivity contribution in [2.75, 3.05) is 13.7 Å². The van der Waals surface area contributed by atoms with Gasteiger partial charge in [-0.05, 0) is 41.5 Å². The average Bonchev–Trinajstić information content (AvgIpc) is 2.19. The van der Waals surface area contributed by atoms with E-state index in [2.05, 4.69) is 4.74 Å². The zero-order valence-electron chi connectivity index (χ0n) is 13.1. The summed E-state index contributed by atoms with van der Waals surface area (Å²) in [6.07, 6.45) is -1.92. The van der Waals surface area contributed by atoms with Crippen LogP contribution in [0.3, 0.4) is 0 Å². The third-order valence-electron chi connectivity index (χ3n) is 1.74. The van der Waals surface area contributed by atoms with Gasteiger partial charge in [-0.3, -0.25) is 4.79 Å². The number of rotatable bonds is 2. The van der Waals surface area contributed by atoms with Crippen molar-refractivity contribution in [3.05, 3.63) is 0 Å². The number of nitrogens with zero attached hydrogens (tertiary/aromatic N) is 1. The van der Waals surface area contributed by atoms with Gasteiger partial charge in [0.15, 0.2) is 0 Å². The van der Waals surface area contributed by atoms with Crippen LogP contribution in [0.2, 0.25) is 0 Å². The quantitative estimate of drug-likeness (QED) is 0.573. The highest BCUT2D eigenvalue weighted by Crippen LogP contribution is 2.14. The summed E-state index contributed by atoms with van der Waals surface area (Å²) in [7, 11) is 1.16. The van der Waals surface area contributed by atoms with E-state index in [-0.39, 0.29) is 0 Å². The Hall–Kier alpha value is -1.79. The van der Waals surface area contributed by atoms with E-state index in [4.69, 9.17) is 9.47 Å². The van der Waals surface area contributed by atoms with Crippen molar-refractivity contribution in [1.82, 2.24) is 4.90 Å². The summed E-state index contributed by atoms with van der Waals surface area (Å²) in [5.41, 5.74) is -1.60. The molecular formula is C13H23NO6. The summed E-state index contributed by atoms with van der Waals surface area (Å²) in [6.45, 7) is 9.33. The zero-order chi connectivity index (χ0) is 16.1. The molecule has 0 aliphatic heterocycles. The highest BCUT2D eigenvalue weighted by Gasteiger charge is 2.32. The highest BCUT2D eigenvalue weighted by atomic mass is 16.6. The second kappa shape index (κ2) is 6.58. The normalized spacial score (nSPS) is 11.6. The standard InChI is InChI=1S/C13H23NO6/c1-12(2,3)19-10(16)14(8-9(15)18-7)11(17)20-13(4,5)6/h8H2,1-7H3. The maximum atomic E-state index is 11.9. The summed E-state index contributed by atoms with van der Waals surface area (Å²) in [6, 6.07) is 0. The molecule has 0 heterocycles. The molecule has 0 N–H and O–H groups in total. The third-order valence-corrected chi connectivity index (χ3v) is 1.74. The van der Waals surface area contributed by atoms with E-state index in [0.29, 0.717) is 4.90 Å². The lowest BCUT2D eigenvalue weighted by molar-refractivity contribution is -0.141. The first kappa shape index (κ1) is 18.2. The molecule has 0 aromatic rings. The van der Waals surface area contributed by atoms with Crippen molar-refractivity contribution in [1.29, 1.82) is 0 Å². The molecule has 2 amide bonds. The fourth-order valence-corrected chi connectivity index (χ4v) is 1.03. The molecule has 20 heavy (non-hydrogen) atoms. The predicted octanol–water partition coefficient (Wildman–Crippen LogP) is 2.33. The van der Waals surface area contributed by atoms with Gasteiger partial charge in [0, 0.05) is 0 Å². The van der Waals surface area contributed by atoms with Gasteiger partial charge in [0.05, 0.1) is 7.11 Å². The molecule has 0 radical (unpaired) electrons. The Morgan fingerprint density at radius 3 is 1.45 bits per heavy atom. The maximum absolute atomic E-state index is 11.9. The molecule has 0 aliphatic carbocycles. The van der Waals surface area contributed by atoms with Crippen molar-refractivity contribution >= 4 is 18.2 Å². The van der Waals surface area contributed by atoms with Gasteiger partial charge in [-0.1, -0.05) is 0 Å². The van der Waals surface area contributed by atoms with E-state index in [9.17, 15) is 14.4 Å². The Morgan fingerprint density at radius 1 is 0.850 bits per heavy atom. The minimum Gasteiger partial charge on any atom is -0.468 e. The number of carbonyl (C=O) groups is 3. The van der Waals surface area contributed by atoms with Gasteiger partial charge in [-0.25, -0.2) is 14.5 Å². The van der Waals surface area contributed by atoms with Crippen LogP contribution < -0.4 is 0 Å². The molecule has 0 aromatic heterocycles.